The molecule has 4 fully saturated rings. The summed E-state index contributed by atoms with van der Waals surface area (Å²) in [5.41, 5.74) is 0.717. The van der Waals surface area contributed by atoms with Gasteiger partial charge in [-0.05, 0) is 67.6 Å². The summed E-state index contributed by atoms with van der Waals surface area (Å²) in [6.45, 7) is 0. The molecular formula is C18H20BrFO2. The Bertz CT molecular complexity index is 596. The van der Waals surface area contributed by atoms with E-state index in [1.165, 1.54) is 18.6 Å². The molecule has 0 amide bonds. The van der Waals surface area contributed by atoms with Crippen molar-refractivity contribution in [3.05, 3.63) is 35.6 Å². The lowest BCUT2D eigenvalue weighted by Gasteiger charge is -2.64. The fraction of sp³-hybridized carbons (Fsp3) is 0.611. The lowest BCUT2D eigenvalue weighted by Crippen LogP contribution is -2.60. The zero-order chi connectivity index (χ0) is 15.5. The van der Waals surface area contributed by atoms with E-state index in [1.54, 1.807) is 0 Å². The number of hydrogen-bond donors (Lipinski definition) is 1. The zero-order valence-corrected chi connectivity index (χ0v) is 14.0. The molecule has 1 N–H and O–H groups in total. The Morgan fingerprint density at radius 3 is 2.27 bits per heavy atom. The first-order valence-corrected chi connectivity index (χ1v) is 8.87. The summed E-state index contributed by atoms with van der Waals surface area (Å²) < 4.78 is 13.6. The number of alkyl halides is 1. The van der Waals surface area contributed by atoms with Crippen molar-refractivity contribution in [2.24, 2.45) is 17.8 Å². The Morgan fingerprint density at radius 1 is 1.18 bits per heavy atom. The Morgan fingerprint density at radius 2 is 1.77 bits per heavy atom. The van der Waals surface area contributed by atoms with Gasteiger partial charge in [-0.15, -0.1) is 0 Å². The van der Waals surface area contributed by atoms with Crippen molar-refractivity contribution in [3.63, 3.8) is 0 Å². The Hall–Kier alpha value is -0.900. The van der Waals surface area contributed by atoms with Crippen LogP contribution in [0.25, 0.3) is 0 Å². The Labute approximate surface area is 138 Å². The van der Waals surface area contributed by atoms with Gasteiger partial charge in [0.2, 0.25) is 0 Å². The maximum absolute atomic E-state index is 13.3. The molecule has 4 aliphatic carbocycles. The standard InChI is InChI=1S/C18H20BrFO2/c19-17-7-11-5-13(8-17)18(10-16(21)22,14(6-11)9-17)12-1-3-15(20)4-2-12/h1-4,11,13-14H,5-10H2,(H,21,22). The van der Waals surface area contributed by atoms with Crippen molar-refractivity contribution in [3.8, 4) is 0 Å². The predicted molar refractivity (Wildman–Crippen MR) is 85.5 cm³/mol. The van der Waals surface area contributed by atoms with Gasteiger partial charge >= 0.3 is 5.97 Å². The first kappa shape index (κ1) is 14.7. The number of aliphatic carboxylic acids is 1. The van der Waals surface area contributed by atoms with Gasteiger partial charge in [0.25, 0.3) is 0 Å². The molecule has 5 rings (SSSR count). The molecule has 4 heteroatoms. The normalized spacial score (nSPS) is 42.5. The zero-order valence-electron chi connectivity index (χ0n) is 12.4. The molecule has 2 unspecified atom stereocenters. The van der Waals surface area contributed by atoms with Gasteiger partial charge in [-0.1, -0.05) is 28.1 Å². The molecular weight excluding hydrogens is 347 g/mol. The number of carboxylic acid groups (broad SMARTS) is 1. The van der Waals surface area contributed by atoms with Crippen LogP contribution >= 0.6 is 15.9 Å². The number of halogens is 2. The summed E-state index contributed by atoms with van der Waals surface area (Å²) in [5, 5.41) is 9.56. The molecule has 4 bridgehead atoms. The smallest absolute Gasteiger partial charge is 0.304 e. The third-order valence-corrected chi connectivity index (χ3v) is 7.37. The minimum atomic E-state index is -0.736. The summed E-state index contributed by atoms with van der Waals surface area (Å²) in [6, 6.07) is 6.60. The van der Waals surface area contributed by atoms with E-state index in [9.17, 15) is 14.3 Å². The first-order chi connectivity index (χ1) is 10.4. The summed E-state index contributed by atoms with van der Waals surface area (Å²) >= 11 is 3.95. The first-order valence-electron chi connectivity index (χ1n) is 8.08. The van der Waals surface area contributed by atoms with Gasteiger partial charge in [0, 0.05) is 9.74 Å². The number of carboxylic acids is 1. The fourth-order valence-corrected chi connectivity index (χ4v) is 7.12. The number of hydrogen-bond acceptors (Lipinski definition) is 1. The quantitative estimate of drug-likeness (QED) is 0.798. The Balaban J connectivity index is 1.82. The van der Waals surface area contributed by atoms with E-state index in [0.29, 0.717) is 11.8 Å². The van der Waals surface area contributed by atoms with Gasteiger partial charge in [0.05, 0.1) is 6.42 Å². The highest BCUT2D eigenvalue weighted by Gasteiger charge is 2.62. The van der Waals surface area contributed by atoms with E-state index in [4.69, 9.17) is 0 Å². The third-order valence-electron chi connectivity index (χ3n) is 6.40. The summed E-state index contributed by atoms with van der Waals surface area (Å²) in [7, 11) is 0. The van der Waals surface area contributed by atoms with Crippen molar-refractivity contribution in [1.29, 1.82) is 0 Å². The lowest BCUT2D eigenvalue weighted by atomic mass is 9.43. The molecule has 0 saturated heterocycles. The van der Waals surface area contributed by atoms with Gasteiger partial charge in [-0.3, -0.25) is 4.79 Å². The van der Waals surface area contributed by atoms with Crippen molar-refractivity contribution in [1.82, 2.24) is 0 Å². The summed E-state index contributed by atoms with van der Waals surface area (Å²) in [5.74, 6) is 0.508. The van der Waals surface area contributed by atoms with Gasteiger partial charge in [0.15, 0.2) is 0 Å². The maximum Gasteiger partial charge on any atom is 0.304 e. The highest BCUT2D eigenvalue weighted by atomic mass is 79.9. The van der Waals surface area contributed by atoms with Crippen molar-refractivity contribution < 1.29 is 14.3 Å². The number of rotatable bonds is 3. The molecule has 0 spiro atoms. The van der Waals surface area contributed by atoms with Gasteiger partial charge < -0.3 is 5.11 Å². The molecule has 2 atom stereocenters. The van der Waals surface area contributed by atoms with Crippen LogP contribution in [0.4, 0.5) is 4.39 Å². The maximum atomic E-state index is 13.3. The van der Waals surface area contributed by atoms with Crippen molar-refractivity contribution in [2.75, 3.05) is 0 Å². The monoisotopic (exact) mass is 366 g/mol. The minimum Gasteiger partial charge on any atom is -0.481 e. The van der Waals surface area contributed by atoms with Crippen LogP contribution < -0.4 is 0 Å². The highest BCUT2D eigenvalue weighted by Crippen LogP contribution is 2.67. The molecule has 0 aromatic heterocycles. The van der Waals surface area contributed by atoms with Crippen LogP contribution in [0, 0.1) is 23.6 Å². The van der Waals surface area contributed by atoms with Crippen molar-refractivity contribution in [2.45, 2.75) is 48.3 Å². The SMILES string of the molecule is O=C(O)CC1(c2ccc(F)cc2)C2CC3CC1CC(Br)(C3)C2. The largest absolute Gasteiger partial charge is 0.481 e. The second kappa shape index (κ2) is 4.80. The van der Waals surface area contributed by atoms with Gasteiger partial charge in [-0.2, -0.15) is 0 Å². The van der Waals surface area contributed by atoms with Crippen LogP contribution in [-0.4, -0.2) is 15.4 Å². The van der Waals surface area contributed by atoms with E-state index < -0.39 is 5.97 Å². The molecule has 0 radical (unpaired) electrons. The lowest BCUT2D eigenvalue weighted by molar-refractivity contribution is -0.144. The molecule has 0 aliphatic heterocycles. The van der Waals surface area contributed by atoms with Gasteiger partial charge in [-0.25, -0.2) is 4.39 Å². The van der Waals surface area contributed by atoms with E-state index in [0.717, 1.165) is 37.2 Å². The van der Waals surface area contributed by atoms with Crippen LogP contribution in [0.3, 0.4) is 0 Å². The summed E-state index contributed by atoms with van der Waals surface area (Å²) in [4.78, 5) is 11.6. The summed E-state index contributed by atoms with van der Waals surface area (Å²) in [6.07, 6.45) is 5.73. The van der Waals surface area contributed by atoms with Crippen LogP contribution in [0.15, 0.2) is 24.3 Å². The molecule has 4 aliphatic rings. The average molecular weight is 367 g/mol. The Kier molecular flexibility index (Phi) is 3.20. The highest BCUT2D eigenvalue weighted by molar-refractivity contribution is 9.10. The second-order valence-corrected chi connectivity index (χ2v) is 9.29. The van der Waals surface area contributed by atoms with Crippen LogP contribution in [0.2, 0.25) is 0 Å². The van der Waals surface area contributed by atoms with Gasteiger partial charge in [0.1, 0.15) is 5.82 Å². The molecule has 4 saturated carbocycles. The molecule has 0 heterocycles. The van der Waals surface area contributed by atoms with Crippen LogP contribution in [-0.2, 0) is 10.2 Å². The average Bonchev–Trinajstić information content (AvgIpc) is 2.42. The molecule has 1 aromatic carbocycles. The topological polar surface area (TPSA) is 37.3 Å². The fourth-order valence-electron chi connectivity index (χ4n) is 5.88. The predicted octanol–water partition coefficient (Wildman–Crippen LogP) is 4.51. The van der Waals surface area contributed by atoms with Crippen molar-refractivity contribution >= 4 is 21.9 Å². The van der Waals surface area contributed by atoms with Crippen LogP contribution in [0.1, 0.15) is 44.1 Å². The van der Waals surface area contributed by atoms with E-state index in [2.05, 4.69) is 15.9 Å². The molecule has 22 heavy (non-hydrogen) atoms. The molecule has 118 valence electrons. The minimum absolute atomic E-state index is 0.170. The molecule has 2 nitrogen and oxygen atoms in total. The molecule has 1 aromatic rings. The van der Waals surface area contributed by atoms with E-state index >= 15 is 0 Å². The second-order valence-electron chi connectivity index (χ2n) is 7.61. The van der Waals surface area contributed by atoms with Crippen LogP contribution in [0.5, 0.6) is 0 Å². The third kappa shape index (κ3) is 2.06. The number of carbonyl (C=O) groups is 1. The van der Waals surface area contributed by atoms with E-state index in [-0.39, 0.29) is 22.0 Å². The number of benzene rings is 1. The van der Waals surface area contributed by atoms with E-state index in [1.807, 2.05) is 12.1 Å².